The quantitative estimate of drug-likeness (QED) is 0.681. The molecule has 110 valence electrons. The van der Waals surface area contributed by atoms with E-state index in [1.807, 2.05) is 19.9 Å². The van der Waals surface area contributed by atoms with Crippen molar-refractivity contribution in [2.45, 2.75) is 70.4 Å². The molecule has 0 aromatic rings. The molecule has 3 fully saturated rings. The van der Waals surface area contributed by atoms with Gasteiger partial charge in [0.15, 0.2) is 11.6 Å². The molecule has 0 unspecified atom stereocenters. The molecule has 5 atom stereocenters. The molecule has 0 N–H and O–H groups in total. The maximum absolute atomic E-state index is 12.7. The van der Waals surface area contributed by atoms with Gasteiger partial charge in [0.05, 0.1) is 12.2 Å². The molecule has 20 heavy (non-hydrogen) atoms. The van der Waals surface area contributed by atoms with Crippen LogP contribution in [-0.4, -0.2) is 23.8 Å². The highest BCUT2D eigenvalue weighted by Gasteiger charge is 2.59. The summed E-state index contributed by atoms with van der Waals surface area (Å²) < 4.78 is 12.4. The Hall–Kier alpha value is -0.670. The van der Waals surface area contributed by atoms with Gasteiger partial charge in [-0.2, -0.15) is 0 Å². The molecule has 4 rings (SSSR count). The summed E-state index contributed by atoms with van der Waals surface area (Å²) in [6, 6.07) is 0. The van der Waals surface area contributed by atoms with Crippen molar-refractivity contribution < 1.29 is 14.3 Å². The van der Waals surface area contributed by atoms with E-state index >= 15 is 0 Å². The van der Waals surface area contributed by atoms with Crippen molar-refractivity contribution in [2.75, 3.05) is 0 Å². The fraction of sp³-hybridized carbons (Fsp3) is 0.824. The largest absolute Gasteiger partial charge is 0.345 e. The van der Waals surface area contributed by atoms with Gasteiger partial charge in [0, 0.05) is 11.3 Å². The van der Waals surface area contributed by atoms with Gasteiger partial charge in [-0.3, -0.25) is 4.79 Å². The van der Waals surface area contributed by atoms with Gasteiger partial charge in [-0.25, -0.2) is 0 Å². The van der Waals surface area contributed by atoms with Gasteiger partial charge in [-0.05, 0) is 57.9 Å². The van der Waals surface area contributed by atoms with Crippen LogP contribution >= 0.6 is 0 Å². The zero-order valence-corrected chi connectivity index (χ0v) is 12.4. The topological polar surface area (TPSA) is 35.5 Å². The predicted molar refractivity (Wildman–Crippen MR) is 75.1 cm³/mol. The first-order chi connectivity index (χ1) is 9.50. The maximum Gasteiger partial charge on any atom is 0.163 e. The number of allylic oxidation sites excluding steroid dienone is 2. The highest BCUT2D eigenvalue weighted by atomic mass is 16.8. The lowest BCUT2D eigenvalue weighted by Crippen LogP contribution is -2.41. The van der Waals surface area contributed by atoms with Crippen molar-refractivity contribution in [1.82, 2.24) is 0 Å². The first-order valence-corrected chi connectivity index (χ1v) is 8.07. The van der Waals surface area contributed by atoms with Crippen molar-refractivity contribution in [3.8, 4) is 0 Å². The van der Waals surface area contributed by atoms with Gasteiger partial charge in [-0.1, -0.05) is 12.5 Å². The molecule has 1 spiro atoms. The van der Waals surface area contributed by atoms with Crippen molar-refractivity contribution in [2.24, 2.45) is 17.3 Å². The van der Waals surface area contributed by atoms with Crippen LogP contribution in [-0.2, 0) is 14.3 Å². The van der Waals surface area contributed by atoms with Gasteiger partial charge >= 0.3 is 0 Å². The molecule has 3 nitrogen and oxygen atoms in total. The molecule has 3 heteroatoms. The second kappa shape index (κ2) is 4.17. The summed E-state index contributed by atoms with van der Waals surface area (Å²) in [7, 11) is 0. The molecule has 1 heterocycles. The molecular formula is C17H24O3. The lowest BCUT2D eigenvalue weighted by Gasteiger charge is -2.35. The fourth-order valence-electron chi connectivity index (χ4n) is 5.26. The lowest BCUT2D eigenvalue weighted by atomic mass is 9.69. The Balaban J connectivity index is 1.78. The maximum atomic E-state index is 12.7. The summed E-state index contributed by atoms with van der Waals surface area (Å²) >= 11 is 0. The van der Waals surface area contributed by atoms with E-state index in [2.05, 4.69) is 6.08 Å². The standard InChI is InChI=1S/C17H24O3/c1-16(2)19-13-9-11-5-3-7-14(18)17(10-11)8-4-6-12(17)15(13)20-16/h3,7,11-13,15H,4-6,8-10H2,1-2H3/t11-,12-,13+,15-,17+/m1/s1. The van der Waals surface area contributed by atoms with Crippen LogP contribution in [0.2, 0.25) is 0 Å². The average Bonchev–Trinajstić information content (AvgIpc) is 2.82. The van der Waals surface area contributed by atoms with Crippen LogP contribution in [0.25, 0.3) is 0 Å². The third-order valence-electron chi connectivity index (χ3n) is 5.91. The molecule has 3 aliphatic carbocycles. The van der Waals surface area contributed by atoms with Gasteiger partial charge in [-0.15, -0.1) is 0 Å². The van der Waals surface area contributed by atoms with Crippen LogP contribution in [0, 0.1) is 17.3 Å². The molecule has 0 aromatic carbocycles. The van der Waals surface area contributed by atoms with Crippen molar-refractivity contribution in [3.05, 3.63) is 12.2 Å². The first kappa shape index (κ1) is 13.0. The van der Waals surface area contributed by atoms with E-state index < -0.39 is 5.79 Å². The van der Waals surface area contributed by atoms with Crippen LogP contribution in [0.3, 0.4) is 0 Å². The van der Waals surface area contributed by atoms with E-state index in [9.17, 15) is 4.79 Å². The molecule has 0 radical (unpaired) electrons. The van der Waals surface area contributed by atoms with E-state index in [1.165, 1.54) is 0 Å². The van der Waals surface area contributed by atoms with E-state index in [4.69, 9.17) is 9.47 Å². The van der Waals surface area contributed by atoms with E-state index in [0.717, 1.165) is 38.5 Å². The molecule has 2 bridgehead atoms. The Labute approximate surface area is 120 Å². The molecular weight excluding hydrogens is 252 g/mol. The van der Waals surface area contributed by atoms with Crippen LogP contribution < -0.4 is 0 Å². The highest BCUT2D eigenvalue weighted by molar-refractivity contribution is 5.95. The normalized spacial score (nSPS) is 49.4. The molecule has 0 aromatic heterocycles. The van der Waals surface area contributed by atoms with Crippen molar-refractivity contribution in [1.29, 1.82) is 0 Å². The van der Waals surface area contributed by atoms with Crippen molar-refractivity contribution in [3.63, 3.8) is 0 Å². The monoisotopic (exact) mass is 276 g/mol. The Morgan fingerprint density at radius 2 is 2.15 bits per heavy atom. The SMILES string of the molecule is CC1(C)O[C@H]2[C@H](C[C@H]3CC=CC(=O)[C@@]4(CCC[C@H]24)C3)O1. The summed E-state index contributed by atoms with van der Waals surface area (Å²) in [5, 5.41) is 0. The lowest BCUT2D eigenvalue weighted by molar-refractivity contribution is -0.160. The summed E-state index contributed by atoms with van der Waals surface area (Å²) in [5.74, 6) is 0.799. The summed E-state index contributed by atoms with van der Waals surface area (Å²) in [4.78, 5) is 12.7. The number of carbonyl (C=O) groups is 1. The van der Waals surface area contributed by atoms with Gasteiger partial charge < -0.3 is 9.47 Å². The second-order valence-corrected chi connectivity index (χ2v) is 7.60. The summed E-state index contributed by atoms with van der Waals surface area (Å²) in [5.41, 5.74) is -0.152. The van der Waals surface area contributed by atoms with E-state index in [1.54, 1.807) is 0 Å². The third-order valence-corrected chi connectivity index (χ3v) is 5.91. The minimum Gasteiger partial charge on any atom is -0.345 e. The molecule has 1 aliphatic heterocycles. The first-order valence-electron chi connectivity index (χ1n) is 8.07. The number of ether oxygens (including phenoxy) is 2. The molecule has 1 saturated heterocycles. The number of ketones is 1. The van der Waals surface area contributed by atoms with E-state index in [0.29, 0.717) is 17.6 Å². The number of rotatable bonds is 0. The number of hydrogen-bond donors (Lipinski definition) is 0. The number of hydrogen-bond acceptors (Lipinski definition) is 3. The molecule has 4 aliphatic rings. The van der Waals surface area contributed by atoms with Gasteiger partial charge in [0.25, 0.3) is 0 Å². The Kier molecular flexibility index (Phi) is 2.72. The zero-order valence-electron chi connectivity index (χ0n) is 12.4. The van der Waals surface area contributed by atoms with Crippen LogP contribution in [0.4, 0.5) is 0 Å². The summed E-state index contributed by atoms with van der Waals surface area (Å²) in [6.07, 6.45) is 10.7. The Morgan fingerprint density at radius 3 is 3.00 bits per heavy atom. The number of fused-ring (bicyclic) bond motifs is 3. The minimum atomic E-state index is -0.490. The third kappa shape index (κ3) is 1.75. The predicted octanol–water partition coefficient (Wildman–Crippen LogP) is 3.23. The minimum absolute atomic E-state index is 0.118. The fourth-order valence-corrected chi connectivity index (χ4v) is 5.26. The van der Waals surface area contributed by atoms with Crippen LogP contribution in [0.1, 0.15) is 52.4 Å². The van der Waals surface area contributed by atoms with Crippen LogP contribution in [0.15, 0.2) is 12.2 Å². The van der Waals surface area contributed by atoms with Crippen molar-refractivity contribution >= 4 is 5.78 Å². The molecule has 0 amide bonds. The number of carbonyl (C=O) groups excluding carboxylic acids is 1. The van der Waals surface area contributed by atoms with Gasteiger partial charge in [0.2, 0.25) is 0 Å². The van der Waals surface area contributed by atoms with Gasteiger partial charge in [0.1, 0.15) is 0 Å². The van der Waals surface area contributed by atoms with E-state index in [-0.39, 0.29) is 17.6 Å². The highest BCUT2D eigenvalue weighted by Crippen LogP contribution is 2.57. The van der Waals surface area contributed by atoms with Crippen LogP contribution in [0.5, 0.6) is 0 Å². The Morgan fingerprint density at radius 1 is 1.30 bits per heavy atom. The summed E-state index contributed by atoms with van der Waals surface area (Å²) in [6.45, 7) is 4.01. The zero-order chi connectivity index (χ0) is 14.0. The average molecular weight is 276 g/mol. The Bertz CT molecular complexity index is 467. The smallest absolute Gasteiger partial charge is 0.163 e. The molecule has 2 saturated carbocycles. The second-order valence-electron chi connectivity index (χ2n) is 7.60.